The molecule has 0 radical (unpaired) electrons. The van der Waals surface area contributed by atoms with Crippen LogP contribution in [0.5, 0.6) is 0 Å². The van der Waals surface area contributed by atoms with Crippen molar-refractivity contribution in [3.05, 3.63) is 16.0 Å². The summed E-state index contributed by atoms with van der Waals surface area (Å²) in [4.78, 5) is 10.3. The fraction of sp³-hybridized carbons (Fsp3) is 0.500. The molecule has 0 aromatic carbocycles. The molecule has 5 heteroatoms. The number of halogens is 2. The van der Waals surface area contributed by atoms with Crippen LogP contribution in [0.3, 0.4) is 0 Å². The van der Waals surface area contributed by atoms with Gasteiger partial charge in [0.1, 0.15) is 5.82 Å². The summed E-state index contributed by atoms with van der Waals surface area (Å²) in [6.07, 6.45) is 4.16. The van der Waals surface area contributed by atoms with Crippen LogP contribution in [0.1, 0.15) is 12.8 Å². The normalized spacial score (nSPS) is 16.6. The minimum Gasteiger partial charge on any atom is -0.356 e. The Balaban J connectivity index is 2.32. The van der Waals surface area contributed by atoms with Crippen molar-refractivity contribution in [2.24, 2.45) is 0 Å². The predicted molar refractivity (Wildman–Crippen MR) is 56.2 cm³/mol. The number of nitrogens with zero attached hydrogens (tertiary/aromatic N) is 3. The standard InChI is InChI=1S/C8H9BrClN3/c9-6-5-11-8(10)12-7(6)13-3-1-2-4-13/h5H,1-4H2. The van der Waals surface area contributed by atoms with E-state index in [1.54, 1.807) is 6.20 Å². The van der Waals surface area contributed by atoms with Gasteiger partial charge in [-0.3, -0.25) is 0 Å². The number of rotatable bonds is 1. The van der Waals surface area contributed by atoms with Crippen molar-refractivity contribution < 1.29 is 0 Å². The van der Waals surface area contributed by atoms with Crippen molar-refractivity contribution in [2.75, 3.05) is 18.0 Å². The molecule has 0 bridgehead atoms. The number of hydrogen-bond donors (Lipinski definition) is 0. The maximum atomic E-state index is 5.73. The first-order valence-electron chi connectivity index (χ1n) is 4.20. The first-order chi connectivity index (χ1) is 6.27. The molecule has 1 saturated heterocycles. The highest BCUT2D eigenvalue weighted by atomic mass is 79.9. The van der Waals surface area contributed by atoms with Gasteiger partial charge in [-0.05, 0) is 40.4 Å². The highest BCUT2D eigenvalue weighted by Gasteiger charge is 2.16. The molecular weight excluding hydrogens is 253 g/mol. The van der Waals surface area contributed by atoms with E-state index < -0.39 is 0 Å². The maximum Gasteiger partial charge on any atom is 0.224 e. The third-order valence-electron chi connectivity index (χ3n) is 2.10. The largest absolute Gasteiger partial charge is 0.356 e. The lowest BCUT2D eigenvalue weighted by atomic mass is 10.4. The lowest BCUT2D eigenvalue weighted by molar-refractivity contribution is 0.921. The Labute approximate surface area is 90.3 Å². The van der Waals surface area contributed by atoms with E-state index in [1.165, 1.54) is 12.8 Å². The van der Waals surface area contributed by atoms with E-state index in [2.05, 4.69) is 30.8 Å². The average molecular weight is 263 g/mol. The summed E-state index contributed by atoms with van der Waals surface area (Å²) in [7, 11) is 0. The summed E-state index contributed by atoms with van der Waals surface area (Å²) in [5, 5.41) is 0.310. The first-order valence-corrected chi connectivity index (χ1v) is 5.37. The predicted octanol–water partition coefficient (Wildman–Crippen LogP) is 2.49. The third-order valence-corrected chi connectivity index (χ3v) is 2.84. The van der Waals surface area contributed by atoms with Crippen LogP contribution < -0.4 is 4.90 Å². The number of hydrogen-bond acceptors (Lipinski definition) is 3. The van der Waals surface area contributed by atoms with Crippen LogP contribution in [-0.2, 0) is 0 Å². The molecule has 0 aliphatic carbocycles. The van der Waals surface area contributed by atoms with Gasteiger partial charge in [-0.2, -0.15) is 4.98 Å². The van der Waals surface area contributed by atoms with Gasteiger partial charge in [0, 0.05) is 19.3 Å². The second-order valence-electron chi connectivity index (χ2n) is 3.00. The topological polar surface area (TPSA) is 29.0 Å². The molecule has 3 nitrogen and oxygen atoms in total. The Morgan fingerprint density at radius 2 is 2.08 bits per heavy atom. The zero-order valence-corrected chi connectivity index (χ0v) is 9.35. The molecule has 2 heterocycles. The van der Waals surface area contributed by atoms with Crippen LogP contribution in [0.15, 0.2) is 10.7 Å². The minimum absolute atomic E-state index is 0.310. The monoisotopic (exact) mass is 261 g/mol. The molecule has 1 aliphatic rings. The molecule has 70 valence electrons. The second-order valence-corrected chi connectivity index (χ2v) is 4.20. The van der Waals surface area contributed by atoms with Gasteiger partial charge in [-0.1, -0.05) is 0 Å². The molecule has 0 unspecified atom stereocenters. The van der Waals surface area contributed by atoms with Crippen molar-refractivity contribution in [3.63, 3.8) is 0 Å². The summed E-state index contributed by atoms with van der Waals surface area (Å²) in [5.41, 5.74) is 0. The fourth-order valence-electron chi connectivity index (χ4n) is 1.49. The summed E-state index contributed by atoms with van der Waals surface area (Å²) in [5.74, 6) is 0.914. The van der Waals surface area contributed by atoms with E-state index in [4.69, 9.17) is 11.6 Å². The van der Waals surface area contributed by atoms with Crippen LogP contribution >= 0.6 is 27.5 Å². The Morgan fingerprint density at radius 1 is 1.38 bits per heavy atom. The van der Waals surface area contributed by atoms with E-state index in [9.17, 15) is 0 Å². The van der Waals surface area contributed by atoms with Gasteiger partial charge in [-0.15, -0.1) is 0 Å². The van der Waals surface area contributed by atoms with Crippen LogP contribution in [0.4, 0.5) is 5.82 Å². The van der Waals surface area contributed by atoms with Gasteiger partial charge in [0.15, 0.2) is 0 Å². The third kappa shape index (κ3) is 1.94. The highest BCUT2D eigenvalue weighted by Crippen LogP contribution is 2.26. The van der Waals surface area contributed by atoms with Gasteiger partial charge >= 0.3 is 0 Å². The van der Waals surface area contributed by atoms with E-state index in [0.29, 0.717) is 5.28 Å². The maximum absolute atomic E-state index is 5.73. The minimum atomic E-state index is 0.310. The molecular formula is C8H9BrClN3. The molecule has 2 rings (SSSR count). The highest BCUT2D eigenvalue weighted by molar-refractivity contribution is 9.10. The quantitative estimate of drug-likeness (QED) is 0.728. The molecule has 13 heavy (non-hydrogen) atoms. The lowest BCUT2D eigenvalue weighted by Crippen LogP contribution is -2.19. The Morgan fingerprint density at radius 3 is 2.77 bits per heavy atom. The summed E-state index contributed by atoms with van der Waals surface area (Å²) in [6.45, 7) is 2.12. The fourth-order valence-corrected chi connectivity index (χ4v) is 2.06. The molecule has 0 amide bonds. The molecule has 1 aromatic heterocycles. The second kappa shape index (κ2) is 3.80. The van der Waals surface area contributed by atoms with E-state index >= 15 is 0 Å². The zero-order valence-electron chi connectivity index (χ0n) is 7.00. The smallest absolute Gasteiger partial charge is 0.224 e. The van der Waals surface area contributed by atoms with Crippen molar-refractivity contribution >= 4 is 33.3 Å². The SMILES string of the molecule is Clc1ncc(Br)c(N2CCCC2)n1. The van der Waals surface area contributed by atoms with E-state index in [-0.39, 0.29) is 0 Å². The number of anilines is 1. The molecule has 0 saturated carbocycles. The van der Waals surface area contributed by atoms with Gasteiger partial charge in [0.2, 0.25) is 5.28 Å². The summed E-state index contributed by atoms with van der Waals surface area (Å²) >= 11 is 9.14. The molecule has 0 atom stereocenters. The average Bonchev–Trinajstić information content (AvgIpc) is 2.61. The van der Waals surface area contributed by atoms with Crippen LogP contribution in [0.2, 0.25) is 5.28 Å². The Hall–Kier alpha value is -0.350. The van der Waals surface area contributed by atoms with Crippen molar-refractivity contribution in [1.82, 2.24) is 9.97 Å². The van der Waals surface area contributed by atoms with Gasteiger partial charge in [0.05, 0.1) is 4.47 Å². The van der Waals surface area contributed by atoms with Gasteiger partial charge in [-0.25, -0.2) is 4.98 Å². The van der Waals surface area contributed by atoms with Crippen molar-refractivity contribution in [1.29, 1.82) is 0 Å². The van der Waals surface area contributed by atoms with Crippen LogP contribution in [0.25, 0.3) is 0 Å². The van der Waals surface area contributed by atoms with Gasteiger partial charge < -0.3 is 4.90 Å². The van der Waals surface area contributed by atoms with Crippen LogP contribution in [-0.4, -0.2) is 23.1 Å². The summed E-state index contributed by atoms with van der Waals surface area (Å²) < 4.78 is 0.916. The molecule has 0 spiro atoms. The Kier molecular flexibility index (Phi) is 2.69. The van der Waals surface area contributed by atoms with E-state index in [0.717, 1.165) is 23.4 Å². The van der Waals surface area contributed by atoms with E-state index in [1.807, 2.05) is 0 Å². The Bertz CT molecular complexity index is 312. The van der Waals surface area contributed by atoms with Crippen molar-refractivity contribution in [3.8, 4) is 0 Å². The first kappa shape index (κ1) is 9.21. The van der Waals surface area contributed by atoms with Gasteiger partial charge in [0.25, 0.3) is 0 Å². The lowest BCUT2D eigenvalue weighted by Gasteiger charge is -2.17. The molecule has 1 aromatic rings. The zero-order chi connectivity index (χ0) is 9.26. The van der Waals surface area contributed by atoms with Crippen molar-refractivity contribution in [2.45, 2.75) is 12.8 Å². The van der Waals surface area contributed by atoms with Crippen LogP contribution in [0, 0.1) is 0 Å². The summed E-state index contributed by atoms with van der Waals surface area (Å²) in [6, 6.07) is 0. The number of aromatic nitrogens is 2. The molecule has 0 N–H and O–H groups in total. The molecule has 1 aliphatic heterocycles. The molecule has 1 fully saturated rings.